The highest BCUT2D eigenvalue weighted by Crippen LogP contribution is 2.24. The van der Waals surface area contributed by atoms with Gasteiger partial charge in [0.05, 0.1) is 15.5 Å². The number of nitrogens with zero attached hydrogens (tertiary/aromatic N) is 1. The molecule has 2 N–H and O–H groups in total. The SMILES string of the molecule is CC[C@H](C)[C@H](N=C1NS(=O)(=O)c2ccccc21)C(=O)NCCCS(=O)(=O)c1ccccc1. The number of carbonyl (C=O) groups is 1. The summed E-state index contributed by atoms with van der Waals surface area (Å²) < 4.78 is 51.8. The molecule has 2 aromatic carbocycles. The van der Waals surface area contributed by atoms with E-state index in [1.807, 2.05) is 13.8 Å². The van der Waals surface area contributed by atoms with Crippen molar-refractivity contribution in [2.75, 3.05) is 12.3 Å². The van der Waals surface area contributed by atoms with Crippen molar-refractivity contribution in [2.45, 2.75) is 42.5 Å². The predicted octanol–water partition coefficient (Wildman–Crippen LogP) is 2.12. The smallest absolute Gasteiger partial charge is 0.263 e. The van der Waals surface area contributed by atoms with Gasteiger partial charge in [-0.1, -0.05) is 50.6 Å². The first-order chi connectivity index (χ1) is 15.2. The number of aliphatic imine (C=N–C) groups is 1. The van der Waals surface area contributed by atoms with Crippen LogP contribution in [0, 0.1) is 5.92 Å². The summed E-state index contributed by atoms with van der Waals surface area (Å²) in [7, 11) is -7.12. The van der Waals surface area contributed by atoms with Crippen molar-refractivity contribution in [2.24, 2.45) is 10.9 Å². The van der Waals surface area contributed by atoms with E-state index in [0.29, 0.717) is 12.0 Å². The van der Waals surface area contributed by atoms with Gasteiger partial charge in [0.25, 0.3) is 10.0 Å². The average molecular weight is 478 g/mol. The summed E-state index contributed by atoms with van der Waals surface area (Å²) in [5, 5.41) is 2.75. The minimum Gasteiger partial charge on any atom is -0.354 e. The molecule has 2 atom stereocenters. The third kappa shape index (κ3) is 5.36. The number of fused-ring (bicyclic) bond motifs is 1. The zero-order valence-electron chi connectivity index (χ0n) is 18.0. The van der Waals surface area contributed by atoms with E-state index in [-0.39, 0.29) is 46.2 Å². The number of nitrogens with one attached hydrogen (secondary N) is 2. The monoisotopic (exact) mass is 477 g/mol. The Labute approximate surface area is 189 Å². The van der Waals surface area contributed by atoms with Crippen LogP contribution >= 0.6 is 0 Å². The van der Waals surface area contributed by atoms with Crippen LogP contribution in [0.3, 0.4) is 0 Å². The van der Waals surface area contributed by atoms with Crippen LogP contribution in [0.1, 0.15) is 32.3 Å². The normalized spacial score (nSPS) is 17.9. The zero-order valence-corrected chi connectivity index (χ0v) is 19.6. The molecule has 0 bridgehead atoms. The Bertz CT molecular complexity index is 1210. The Balaban J connectivity index is 1.68. The molecule has 0 saturated carbocycles. The second-order valence-electron chi connectivity index (χ2n) is 7.69. The van der Waals surface area contributed by atoms with Crippen molar-refractivity contribution < 1.29 is 21.6 Å². The molecule has 172 valence electrons. The molecule has 0 unspecified atom stereocenters. The minimum atomic E-state index is -3.70. The molecular formula is C22H27N3O5S2. The summed E-state index contributed by atoms with van der Waals surface area (Å²) in [4.78, 5) is 17.7. The van der Waals surface area contributed by atoms with Crippen LogP contribution in [-0.4, -0.2) is 46.9 Å². The minimum absolute atomic E-state index is 0.0903. The van der Waals surface area contributed by atoms with Crippen molar-refractivity contribution in [3.05, 3.63) is 60.2 Å². The Morgan fingerprint density at radius 1 is 1.09 bits per heavy atom. The standard InChI is InChI=1S/C22H27N3O5S2/c1-3-16(2)20(24-21-18-12-7-8-13-19(18)32(29,30)25-21)22(26)23-14-9-15-31(27,28)17-10-5-4-6-11-17/h4-8,10-13,16,20H,3,9,14-15H2,1-2H3,(H,23,26)(H,24,25)/t16-,20-/m0/s1. The molecule has 0 aromatic heterocycles. The van der Waals surface area contributed by atoms with E-state index in [1.54, 1.807) is 48.5 Å². The first kappa shape index (κ1) is 23.9. The molecule has 0 spiro atoms. The highest BCUT2D eigenvalue weighted by atomic mass is 32.2. The molecule has 1 aliphatic heterocycles. The van der Waals surface area contributed by atoms with Gasteiger partial charge in [0.15, 0.2) is 9.84 Å². The molecule has 1 amide bonds. The van der Waals surface area contributed by atoms with Gasteiger partial charge in [0.1, 0.15) is 11.9 Å². The molecule has 0 fully saturated rings. The van der Waals surface area contributed by atoms with E-state index in [1.165, 1.54) is 6.07 Å². The molecule has 2 aromatic rings. The number of sulfonamides is 1. The number of amidine groups is 1. The third-order valence-electron chi connectivity index (χ3n) is 5.37. The zero-order chi connectivity index (χ0) is 23.4. The van der Waals surface area contributed by atoms with E-state index >= 15 is 0 Å². The van der Waals surface area contributed by atoms with Crippen LogP contribution in [0.25, 0.3) is 0 Å². The predicted molar refractivity (Wildman–Crippen MR) is 123 cm³/mol. The topological polar surface area (TPSA) is 122 Å². The fraction of sp³-hybridized carbons (Fsp3) is 0.364. The second kappa shape index (κ2) is 9.83. The van der Waals surface area contributed by atoms with Crippen molar-refractivity contribution >= 4 is 31.6 Å². The lowest BCUT2D eigenvalue weighted by Crippen LogP contribution is -2.39. The van der Waals surface area contributed by atoms with Gasteiger partial charge in [-0.15, -0.1) is 0 Å². The van der Waals surface area contributed by atoms with E-state index < -0.39 is 25.9 Å². The second-order valence-corrected chi connectivity index (χ2v) is 11.4. The molecule has 1 heterocycles. The Morgan fingerprint density at radius 2 is 1.75 bits per heavy atom. The van der Waals surface area contributed by atoms with Gasteiger partial charge in [-0.05, 0) is 36.6 Å². The average Bonchev–Trinajstić information content (AvgIpc) is 3.05. The molecule has 0 radical (unpaired) electrons. The van der Waals surface area contributed by atoms with Crippen LogP contribution in [0.15, 0.2) is 69.4 Å². The van der Waals surface area contributed by atoms with Crippen LogP contribution in [0.5, 0.6) is 0 Å². The lowest BCUT2D eigenvalue weighted by atomic mass is 9.98. The summed E-state index contributed by atoms with van der Waals surface area (Å²) >= 11 is 0. The van der Waals surface area contributed by atoms with Gasteiger partial charge in [-0.25, -0.2) is 16.8 Å². The third-order valence-corrected chi connectivity index (χ3v) is 8.59. The fourth-order valence-corrected chi connectivity index (χ4v) is 5.93. The highest BCUT2D eigenvalue weighted by Gasteiger charge is 2.33. The molecule has 1 aliphatic rings. The number of hydrogen-bond acceptors (Lipinski definition) is 6. The van der Waals surface area contributed by atoms with E-state index in [9.17, 15) is 21.6 Å². The Kier molecular flexibility index (Phi) is 7.35. The number of carbonyl (C=O) groups excluding carboxylic acids is 1. The summed E-state index contributed by atoms with van der Waals surface area (Å²) in [6, 6.07) is 13.8. The molecule has 0 saturated heterocycles. The first-order valence-corrected chi connectivity index (χ1v) is 13.5. The number of sulfone groups is 1. The first-order valence-electron chi connectivity index (χ1n) is 10.4. The van der Waals surface area contributed by atoms with Crippen LogP contribution in [0.4, 0.5) is 0 Å². The largest absolute Gasteiger partial charge is 0.354 e. The van der Waals surface area contributed by atoms with Gasteiger partial charge in [0, 0.05) is 12.1 Å². The Hall–Kier alpha value is -2.72. The number of hydrogen-bond donors (Lipinski definition) is 2. The van der Waals surface area contributed by atoms with Crippen LogP contribution in [0.2, 0.25) is 0 Å². The van der Waals surface area contributed by atoms with E-state index in [0.717, 1.165) is 0 Å². The lowest BCUT2D eigenvalue weighted by Gasteiger charge is -2.19. The summed E-state index contributed by atoms with van der Waals surface area (Å²) in [6.45, 7) is 3.96. The van der Waals surface area contributed by atoms with Crippen molar-refractivity contribution in [1.82, 2.24) is 10.0 Å². The molecule has 3 rings (SSSR count). The van der Waals surface area contributed by atoms with Gasteiger partial charge in [-0.3, -0.25) is 14.5 Å². The maximum Gasteiger partial charge on any atom is 0.263 e. The number of amides is 1. The summed E-state index contributed by atoms with van der Waals surface area (Å²) in [5.41, 5.74) is 0.433. The number of rotatable bonds is 9. The van der Waals surface area contributed by atoms with Crippen molar-refractivity contribution in [3.63, 3.8) is 0 Å². The Morgan fingerprint density at radius 3 is 2.44 bits per heavy atom. The maximum atomic E-state index is 12.9. The fourth-order valence-electron chi connectivity index (χ4n) is 3.36. The number of benzene rings is 2. The van der Waals surface area contributed by atoms with Gasteiger partial charge in [0.2, 0.25) is 5.91 Å². The van der Waals surface area contributed by atoms with Gasteiger partial charge >= 0.3 is 0 Å². The van der Waals surface area contributed by atoms with Gasteiger partial charge in [-0.2, -0.15) is 0 Å². The van der Waals surface area contributed by atoms with Crippen molar-refractivity contribution in [3.8, 4) is 0 Å². The molecule has 8 nitrogen and oxygen atoms in total. The summed E-state index contributed by atoms with van der Waals surface area (Å²) in [6.07, 6.45) is 0.911. The molecule has 0 aliphatic carbocycles. The van der Waals surface area contributed by atoms with Crippen molar-refractivity contribution in [1.29, 1.82) is 0 Å². The quantitative estimate of drug-likeness (QED) is 0.536. The van der Waals surface area contributed by atoms with E-state index in [4.69, 9.17) is 0 Å². The molecular weight excluding hydrogens is 450 g/mol. The summed E-state index contributed by atoms with van der Waals surface area (Å²) in [5.74, 6) is -0.458. The maximum absolute atomic E-state index is 12.9. The molecule has 10 heteroatoms. The highest BCUT2D eigenvalue weighted by molar-refractivity contribution is 7.91. The van der Waals surface area contributed by atoms with Crippen LogP contribution in [-0.2, 0) is 24.7 Å². The van der Waals surface area contributed by atoms with Gasteiger partial charge < -0.3 is 5.32 Å². The molecule has 32 heavy (non-hydrogen) atoms. The van der Waals surface area contributed by atoms with E-state index in [2.05, 4.69) is 15.0 Å². The van der Waals surface area contributed by atoms with Crippen LogP contribution < -0.4 is 10.0 Å². The lowest BCUT2D eigenvalue weighted by molar-refractivity contribution is -0.123.